The van der Waals surface area contributed by atoms with Crippen LogP contribution in [0.3, 0.4) is 0 Å². The van der Waals surface area contributed by atoms with Gasteiger partial charge in [-0.1, -0.05) is 12.1 Å². The third kappa shape index (κ3) is 4.96. The number of alkyl halides is 1. The predicted molar refractivity (Wildman–Crippen MR) is 101 cm³/mol. The number of benzene rings is 1. The minimum absolute atomic E-state index is 0.181. The van der Waals surface area contributed by atoms with Gasteiger partial charge in [0.25, 0.3) is 0 Å². The second-order valence-electron chi connectivity index (χ2n) is 5.02. The lowest BCUT2D eigenvalue weighted by Gasteiger charge is -2.09. The van der Waals surface area contributed by atoms with Crippen molar-refractivity contribution in [3.63, 3.8) is 0 Å². The van der Waals surface area contributed by atoms with Gasteiger partial charge in [0.2, 0.25) is 5.91 Å². The summed E-state index contributed by atoms with van der Waals surface area (Å²) < 4.78 is 10.6. The van der Waals surface area contributed by atoms with Gasteiger partial charge in [0.1, 0.15) is 16.3 Å². The Hall–Kier alpha value is -2.05. The van der Waals surface area contributed by atoms with Gasteiger partial charge in [-0.25, -0.2) is 4.79 Å². The van der Waals surface area contributed by atoms with Crippen molar-refractivity contribution in [1.29, 1.82) is 0 Å². The molecule has 0 aliphatic rings. The minimum Gasteiger partial charge on any atom is -0.494 e. The lowest BCUT2D eigenvalue weighted by atomic mass is 10.0. The van der Waals surface area contributed by atoms with Gasteiger partial charge in [-0.15, -0.1) is 22.9 Å². The van der Waals surface area contributed by atoms with Crippen LogP contribution in [0.15, 0.2) is 29.6 Å². The summed E-state index contributed by atoms with van der Waals surface area (Å²) in [6.45, 7) is 4.50. The number of ether oxygens (including phenoxy) is 2. The van der Waals surface area contributed by atoms with E-state index in [-0.39, 0.29) is 24.8 Å². The fourth-order valence-corrected chi connectivity index (χ4v) is 3.39. The van der Waals surface area contributed by atoms with Crippen molar-refractivity contribution in [2.45, 2.75) is 20.3 Å². The van der Waals surface area contributed by atoms with Gasteiger partial charge in [-0.05, 0) is 31.5 Å². The van der Waals surface area contributed by atoms with Crippen molar-refractivity contribution < 1.29 is 19.1 Å². The van der Waals surface area contributed by atoms with Crippen LogP contribution in [0, 0.1) is 0 Å². The number of thiophene rings is 1. The summed E-state index contributed by atoms with van der Waals surface area (Å²) in [5.74, 6) is 0.279. The molecule has 0 bridgehead atoms. The standard InChI is InChI=1S/C18H20ClNO4S/c1-3-23-13-7-5-12(6-8-13)14-11-25-17(20-15(21)9-10-19)16(14)18(22)24-4-2/h5-8,11H,3-4,9-10H2,1-2H3,(H,20,21). The van der Waals surface area contributed by atoms with Crippen LogP contribution in [0.4, 0.5) is 5.00 Å². The summed E-state index contributed by atoms with van der Waals surface area (Å²) in [5.41, 5.74) is 1.92. The zero-order valence-electron chi connectivity index (χ0n) is 14.1. The minimum atomic E-state index is -0.464. The normalized spacial score (nSPS) is 10.4. The van der Waals surface area contributed by atoms with E-state index in [1.807, 2.05) is 36.6 Å². The highest BCUT2D eigenvalue weighted by Crippen LogP contribution is 2.37. The van der Waals surface area contributed by atoms with Crippen LogP contribution >= 0.6 is 22.9 Å². The number of rotatable bonds is 8. The molecule has 0 radical (unpaired) electrons. The molecule has 0 aliphatic heterocycles. The van der Waals surface area contributed by atoms with E-state index >= 15 is 0 Å². The molecule has 0 atom stereocenters. The molecule has 1 heterocycles. The lowest BCUT2D eigenvalue weighted by molar-refractivity contribution is -0.115. The molecule has 1 aromatic heterocycles. The number of nitrogens with one attached hydrogen (secondary N) is 1. The van der Waals surface area contributed by atoms with Gasteiger partial charge < -0.3 is 14.8 Å². The molecule has 1 amide bonds. The number of halogens is 1. The summed E-state index contributed by atoms with van der Waals surface area (Å²) in [6.07, 6.45) is 0.181. The van der Waals surface area contributed by atoms with Gasteiger partial charge in [-0.3, -0.25) is 4.79 Å². The Balaban J connectivity index is 2.37. The Morgan fingerprint density at radius 3 is 2.48 bits per heavy atom. The number of hydrogen-bond acceptors (Lipinski definition) is 5. The Morgan fingerprint density at radius 1 is 1.16 bits per heavy atom. The fourth-order valence-electron chi connectivity index (χ4n) is 2.24. The van der Waals surface area contributed by atoms with Crippen LogP contribution in [0.25, 0.3) is 11.1 Å². The number of hydrogen-bond donors (Lipinski definition) is 1. The average molecular weight is 382 g/mol. The first kappa shape index (κ1) is 19.3. The van der Waals surface area contributed by atoms with E-state index < -0.39 is 5.97 Å². The fraction of sp³-hybridized carbons (Fsp3) is 0.333. The van der Waals surface area contributed by atoms with E-state index in [0.29, 0.717) is 22.7 Å². The first-order chi connectivity index (χ1) is 12.1. The Kier molecular flexibility index (Phi) is 7.28. The number of esters is 1. The van der Waals surface area contributed by atoms with Crippen molar-refractivity contribution >= 4 is 39.8 Å². The lowest BCUT2D eigenvalue weighted by Crippen LogP contribution is -2.14. The van der Waals surface area contributed by atoms with Crippen LogP contribution in [-0.4, -0.2) is 31.0 Å². The Bertz CT molecular complexity index is 727. The van der Waals surface area contributed by atoms with E-state index in [9.17, 15) is 9.59 Å². The highest BCUT2D eigenvalue weighted by Gasteiger charge is 2.22. The highest BCUT2D eigenvalue weighted by molar-refractivity contribution is 7.15. The molecule has 0 saturated heterocycles. The molecule has 1 aromatic carbocycles. The van der Waals surface area contributed by atoms with Crippen LogP contribution in [-0.2, 0) is 9.53 Å². The maximum Gasteiger partial charge on any atom is 0.341 e. The molecule has 7 heteroatoms. The van der Waals surface area contributed by atoms with Crippen molar-refractivity contribution in [3.05, 3.63) is 35.2 Å². The molecule has 134 valence electrons. The molecule has 0 fully saturated rings. The maximum atomic E-state index is 12.4. The molecule has 5 nitrogen and oxygen atoms in total. The van der Waals surface area contributed by atoms with E-state index in [0.717, 1.165) is 11.3 Å². The molecule has 0 saturated carbocycles. The smallest absolute Gasteiger partial charge is 0.341 e. The monoisotopic (exact) mass is 381 g/mol. The molecule has 0 aliphatic carbocycles. The molecular weight excluding hydrogens is 362 g/mol. The number of amides is 1. The first-order valence-corrected chi connectivity index (χ1v) is 9.39. The van der Waals surface area contributed by atoms with Crippen LogP contribution in [0.5, 0.6) is 5.75 Å². The molecule has 2 rings (SSSR count). The molecule has 2 aromatic rings. The van der Waals surface area contributed by atoms with Gasteiger partial charge in [0.15, 0.2) is 0 Å². The molecule has 1 N–H and O–H groups in total. The molecule has 0 unspecified atom stereocenters. The van der Waals surface area contributed by atoms with Crippen molar-refractivity contribution in [2.24, 2.45) is 0 Å². The van der Waals surface area contributed by atoms with Crippen molar-refractivity contribution in [2.75, 3.05) is 24.4 Å². The largest absolute Gasteiger partial charge is 0.494 e. The van der Waals surface area contributed by atoms with E-state index in [2.05, 4.69) is 5.32 Å². The molecule has 25 heavy (non-hydrogen) atoms. The topological polar surface area (TPSA) is 64.6 Å². The maximum absolute atomic E-state index is 12.4. The second kappa shape index (κ2) is 9.44. The van der Waals surface area contributed by atoms with E-state index in [1.165, 1.54) is 11.3 Å². The van der Waals surface area contributed by atoms with Crippen LogP contribution in [0.2, 0.25) is 0 Å². The third-order valence-corrected chi connectivity index (χ3v) is 4.41. The van der Waals surface area contributed by atoms with Crippen molar-refractivity contribution in [3.8, 4) is 16.9 Å². The first-order valence-electron chi connectivity index (χ1n) is 7.98. The summed E-state index contributed by atoms with van der Waals surface area (Å²) >= 11 is 6.88. The van der Waals surface area contributed by atoms with Gasteiger partial charge >= 0.3 is 5.97 Å². The third-order valence-electron chi connectivity index (χ3n) is 3.32. The van der Waals surface area contributed by atoms with Gasteiger partial charge in [0, 0.05) is 23.2 Å². The number of anilines is 1. The van der Waals surface area contributed by atoms with Crippen molar-refractivity contribution in [1.82, 2.24) is 0 Å². The average Bonchev–Trinajstić information content (AvgIpc) is 3.00. The Labute approximate surface area is 155 Å². The zero-order valence-corrected chi connectivity index (χ0v) is 15.7. The second-order valence-corrected chi connectivity index (χ2v) is 6.28. The van der Waals surface area contributed by atoms with E-state index in [1.54, 1.807) is 6.92 Å². The molecule has 0 spiro atoms. The summed E-state index contributed by atoms with van der Waals surface area (Å²) in [5, 5.41) is 5.04. The van der Waals surface area contributed by atoms with E-state index in [4.69, 9.17) is 21.1 Å². The highest BCUT2D eigenvalue weighted by atomic mass is 35.5. The quantitative estimate of drug-likeness (QED) is 0.537. The van der Waals surface area contributed by atoms with Gasteiger partial charge in [0.05, 0.1) is 13.2 Å². The van der Waals surface area contributed by atoms with Gasteiger partial charge in [-0.2, -0.15) is 0 Å². The summed E-state index contributed by atoms with van der Waals surface area (Å²) in [7, 11) is 0. The summed E-state index contributed by atoms with van der Waals surface area (Å²) in [6, 6.07) is 7.44. The van der Waals surface area contributed by atoms with Crippen LogP contribution in [0.1, 0.15) is 30.6 Å². The van der Waals surface area contributed by atoms with Crippen LogP contribution < -0.4 is 10.1 Å². The number of carbonyl (C=O) groups excluding carboxylic acids is 2. The molecular formula is C18H20ClNO4S. The SMILES string of the molecule is CCOC(=O)c1c(-c2ccc(OCC)cc2)csc1NC(=O)CCCl. The summed E-state index contributed by atoms with van der Waals surface area (Å²) in [4.78, 5) is 24.3. The Morgan fingerprint density at radius 2 is 1.88 bits per heavy atom. The number of carbonyl (C=O) groups is 2. The predicted octanol–water partition coefficient (Wildman–Crippen LogP) is 4.56. The zero-order chi connectivity index (χ0) is 18.2.